The van der Waals surface area contributed by atoms with E-state index in [0.29, 0.717) is 22.3 Å². The third kappa shape index (κ3) is 4.35. The molecule has 31 heavy (non-hydrogen) atoms. The van der Waals surface area contributed by atoms with Crippen LogP contribution in [0.1, 0.15) is 22.8 Å². The van der Waals surface area contributed by atoms with Gasteiger partial charge in [-0.25, -0.2) is 9.37 Å². The first-order valence-electron chi connectivity index (χ1n) is 9.48. The number of anilines is 1. The van der Waals surface area contributed by atoms with Crippen LogP contribution < -0.4 is 5.32 Å². The number of fused-ring (bicyclic) bond motifs is 1. The van der Waals surface area contributed by atoms with Crippen LogP contribution in [0.15, 0.2) is 72.8 Å². The lowest BCUT2D eigenvalue weighted by Crippen LogP contribution is -2.07. The highest BCUT2D eigenvalue weighted by Gasteiger charge is 2.13. The topological polar surface area (TPSA) is 84.2 Å². The van der Waals surface area contributed by atoms with Crippen molar-refractivity contribution >= 4 is 34.5 Å². The Hall–Kier alpha value is -4.26. The lowest BCUT2D eigenvalue weighted by molar-refractivity contribution is -0.111. The second kappa shape index (κ2) is 8.23. The molecule has 0 aliphatic rings. The molecule has 6 nitrogen and oxygen atoms in total. The van der Waals surface area contributed by atoms with Crippen molar-refractivity contribution in [3.05, 3.63) is 89.8 Å². The number of aromatic nitrogens is 2. The van der Waals surface area contributed by atoms with Gasteiger partial charge in [-0.3, -0.25) is 9.59 Å². The maximum atomic E-state index is 13.4. The Labute approximate surface area is 177 Å². The predicted molar refractivity (Wildman–Crippen MR) is 116 cm³/mol. The Balaban J connectivity index is 1.45. The van der Waals surface area contributed by atoms with Gasteiger partial charge in [0.2, 0.25) is 5.91 Å². The van der Waals surface area contributed by atoms with Crippen LogP contribution in [0.2, 0.25) is 0 Å². The van der Waals surface area contributed by atoms with Gasteiger partial charge in [0.1, 0.15) is 11.3 Å². The largest absolute Gasteiger partial charge is 0.426 e. The molecule has 1 amide bonds. The summed E-state index contributed by atoms with van der Waals surface area (Å²) in [6.07, 6.45) is 3.05. The number of nitrogens with zero attached hydrogens (tertiary/aromatic N) is 2. The molecule has 0 spiro atoms. The van der Waals surface area contributed by atoms with Crippen molar-refractivity contribution in [1.29, 1.82) is 0 Å². The highest BCUT2D eigenvalue weighted by Crippen LogP contribution is 2.25. The number of amides is 1. The summed E-state index contributed by atoms with van der Waals surface area (Å²) >= 11 is 0. The number of nitrogens with one attached hydrogen (secondary N) is 1. The molecule has 0 fully saturated rings. The molecule has 0 saturated carbocycles. The van der Waals surface area contributed by atoms with E-state index >= 15 is 0 Å². The quantitative estimate of drug-likeness (QED) is 0.275. The van der Waals surface area contributed by atoms with E-state index in [9.17, 15) is 19.2 Å². The lowest BCUT2D eigenvalue weighted by atomic mass is 10.1. The molecule has 1 aromatic heterocycles. The van der Waals surface area contributed by atoms with E-state index < -0.39 is 5.82 Å². The molecular formula is C24H18FN3O3. The zero-order chi connectivity index (χ0) is 22.0. The van der Waals surface area contributed by atoms with Crippen LogP contribution in [-0.2, 0) is 4.79 Å². The summed E-state index contributed by atoms with van der Waals surface area (Å²) < 4.78 is 14.3. The van der Waals surface area contributed by atoms with Crippen molar-refractivity contribution in [1.82, 2.24) is 9.71 Å². The fourth-order valence-corrected chi connectivity index (χ4v) is 3.11. The Bertz CT molecular complexity index is 1310. The Morgan fingerprint density at radius 1 is 1.03 bits per heavy atom. The molecule has 0 aliphatic carbocycles. The maximum absolute atomic E-state index is 13.4. The predicted octanol–water partition coefficient (Wildman–Crippen LogP) is 4.93. The summed E-state index contributed by atoms with van der Waals surface area (Å²) in [7, 11) is 0. The molecule has 0 radical (unpaired) electrons. The number of rotatable bonds is 5. The van der Waals surface area contributed by atoms with Gasteiger partial charge in [0.05, 0.1) is 5.52 Å². The number of carbonyl (C=O) groups is 2. The van der Waals surface area contributed by atoms with Gasteiger partial charge >= 0.3 is 0 Å². The molecule has 1 heterocycles. The number of benzene rings is 3. The third-order valence-electron chi connectivity index (χ3n) is 4.75. The molecule has 3 aromatic carbocycles. The summed E-state index contributed by atoms with van der Waals surface area (Å²) in [5.41, 5.74) is 3.33. The van der Waals surface area contributed by atoms with E-state index in [4.69, 9.17) is 0 Å². The van der Waals surface area contributed by atoms with E-state index in [0.717, 1.165) is 10.3 Å². The maximum Gasteiger partial charge on any atom is 0.248 e. The Kier molecular flexibility index (Phi) is 5.32. The minimum absolute atomic E-state index is 0.0133. The molecule has 0 atom stereocenters. The van der Waals surface area contributed by atoms with E-state index in [1.807, 2.05) is 0 Å². The molecule has 0 saturated heterocycles. The van der Waals surface area contributed by atoms with E-state index in [-0.39, 0.29) is 23.0 Å². The van der Waals surface area contributed by atoms with Crippen molar-refractivity contribution in [2.45, 2.75) is 6.92 Å². The zero-order valence-corrected chi connectivity index (χ0v) is 16.5. The second-order valence-electron chi connectivity index (χ2n) is 6.96. The average molecular weight is 415 g/mol. The van der Waals surface area contributed by atoms with Crippen LogP contribution in [0.3, 0.4) is 0 Å². The third-order valence-corrected chi connectivity index (χ3v) is 4.75. The van der Waals surface area contributed by atoms with E-state index in [2.05, 4.69) is 10.3 Å². The highest BCUT2D eigenvalue weighted by atomic mass is 19.1. The van der Waals surface area contributed by atoms with Gasteiger partial charge < -0.3 is 10.5 Å². The Morgan fingerprint density at radius 2 is 1.74 bits per heavy atom. The van der Waals surface area contributed by atoms with Gasteiger partial charge in [-0.15, -0.1) is 0 Å². The van der Waals surface area contributed by atoms with Crippen LogP contribution >= 0.6 is 0 Å². The molecule has 154 valence electrons. The smallest absolute Gasteiger partial charge is 0.248 e. The van der Waals surface area contributed by atoms with Crippen LogP contribution in [-0.4, -0.2) is 26.6 Å². The van der Waals surface area contributed by atoms with Crippen molar-refractivity contribution in [3.63, 3.8) is 0 Å². The van der Waals surface area contributed by atoms with E-state index in [1.165, 1.54) is 31.2 Å². The van der Waals surface area contributed by atoms with Crippen LogP contribution in [0.5, 0.6) is 0 Å². The number of hydrogen-bond donors (Lipinski definition) is 2. The van der Waals surface area contributed by atoms with Crippen LogP contribution in [0, 0.1) is 5.82 Å². The summed E-state index contributed by atoms with van der Waals surface area (Å²) in [4.78, 5) is 27.8. The molecule has 7 heteroatoms. The second-order valence-corrected chi connectivity index (χ2v) is 6.96. The Morgan fingerprint density at radius 3 is 2.42 bits per heavy atom. The van der Waals surface area contributed by atoms with Gasteiger partial charge in [0.15, 0.2) is 11.6 Å². The molecule has 4 aromatic rings. The van der Waals surface area contributed by atoms with Crippen molar-refractivity contribution in [2.75, 3.05) is 5.32 Å². The van der Waals surface area contributed by atoms with Crippen molar-refractivity contribution in [2.24, 2.45) is 0 Å². The highest BCUT2D eigenvalue weighted by molar-refractivity contribution is 6.02. The minimum Gasteiger partial charge on any atom is -0.426 e. The number of ketones is 1. The first-order chi connectivity index (χ1) is 14.9. The minimum atomic E-state index is -0.463. The molecule has 4 rings (SSSR count). The molecule has 2 N–H and O–H groups in total. The van der Waals surface area contributed by atoms with Crippen molar-refractivity contribution in [3.8, 4) is 11.4 Å². The monoisotopic (exact) mass is 415 g/mol. The van der Waals surface area contributed by atoms with Crippen LogP contribution in [0.25, 0.3) is 28.5 Å². The van der Waals surface area contributed by atoms with Gasteiger partial charge in [-0.1, -0.05) is 24.3 Å². The van der Waals surface area contributed by atoms with Crippen LogP contribution in [0.4, 0.5) is 10.1 Å². The number of hydrogen-bond acceptors (Lipinski definition) is 4. The molecule has 0 unspecified atom stereocenters. The van der Waals surface area contributed by atoms with E-state index in [1.54, 1.807) is 54.6 Å². The number of Topliss-reactive ketones (excluding diaryl/α,β-unsaturated/α-hetero) is 1. The van der Waals surface area contributed by atoms with Gasteiger partial charge in [0, 0.05) is 29.0 Å². The number of imidazole rings is 1. The fraction of sp³-hybridized carbons (Fsp3) is 0.0417. The fourth-order valence-electron chi connectivity index (χ4n) is 3.11. The SMILES string of the molecule is CC(=O)c1ccc(C=CC(=O)Nc2ccc(-c3nc4ccc(F)cc4n3O)cc2)cc1. The summed E-state index contributed by atoms with van der Waals surface area (Å²) in [5, 5.41) is 13.0. The van der Waals surface area contributed by atoms with Gasteiger partial charge in [-0.05, 0) is 55.0 Å². The molecular weight excluding hydrogens is 397 g/mol. The first kappa shape index (κ1) is 20.0. The lowest BCUT2D eigenvalue weighted by Gasteiger charge is -2.05. The standard InChI is InChI=1S/C24H18FN3O3/c1-15(29)17-5-2-16(3-6-17)4-13-23(30)26-20-10-7-18(8-11-20)24-27-21-12-9-19(25)14-22(21)28(24)31/h2-14,31H,1H3,(H,26,30). The number of carbonyl (C=O) groups excluding carboxylic acids is 2. The number of halogens is 1. The first-order valence-corrected chi connectivity index (χ1v) is 9.48. The summed E-state index contributed by atoms with van der Waals surface area (Å²) in [6, 6.07) is 17.7. The zero-order valence-electron chi connectivity index (χ0n) is 16.5. The van der Waals surface area contributed by atoms with Gasteiger partial charge in [-0.2, -0.15) is 4.73 Å². The average Bonchev–Trinajstić information content (AvgIpc) is 3.09. The molecule has 0 aliphatic heterocycles. The van der Waals surface area contributed by atoms with Crippen molar-refractivity contribution < 1.29 is 19.2 Å². The normalized spacial score (nSPS) is 11.2. The van der Waals surface area contributed by atoms with Gasteiger partial charge in [0.25, 0.3) is 0 Å². The summed E-state index contributed by atoms with van der Waals surface area (Å²) in [5.74, 6) is -0.517. The summed E-state index contributed by atoms with van der Waals surface area (Å²) in [6.45, 7) is 1.50. The molecule has 0 bridgehead atoms.